The monoisotopic (exact) mass is 429 g/mol. The van der Waals surface area contributed by atoms with Crippen LogP contribution in [0.15, 0.2) is 0 Å². The van der Waals surface area contributed by atoms with Gasteiger partial charge in [0.25, 0.3) is 0 Å². The van der Waals surface area contributed by atoms with Gasteiger partial charge in [-0.2, -0.15) is 0 Å². The van der Waals surface area contributed by atoms with Gasteiger partial charge in [-0.15, -0.1) is 8.58 Å². The van der Waals surface area contributed by atoms with Gasteiger partial charge >= 0.3 is 0 Å². The fraction of sp³-hybridized carbons (Fsp3) is 1.00. The molecule has 0 aromatic rings. The third-order valence-electron chi connectivity index (χ3n) is 5.94. The number of rotatable bonds is 24. The molecule has 0 aliphatic carbocycles. The van der Waals surface area contributed by atoms with E-state index in [1.807, 2.05) is 0 Å². The van der Waals surface area contributed by atoms with E-state index in [1.54, 1.807) is 0 Å². The normalized spacial score (nSPS) is 12.4. The molecule has 1 unspecified atom stereocenters. The first-order valence-corrected chi connectivity index (χ1v) is 14.5. The average Bonchev–Trinajstić information content (AvgIpc) is 2.67. The fourth-order valence-electron chi connectivity index (χ4n) is 3.94. The second kappa shape index (κ2) is 23.0. The summed E-state index contributed by atoms with van der Waals surface area (Å²) in [5.41, 5.74) is 16.8. The van der Waals surface area contributed by atoms with Gasteiger partial charge in [-0.05, 0) is 25.2 Å². The van der Waals surface area contributed by atoms with Gasteiger partial charge in [-0.3, -0.25) is 0 Å². The Morgan fingerprint density at radius 3 is 1.07 bits per heavy atom. The molecule has 6 N–H and O–H groups in total. The van der Waals surface area contributed by atoms with Gasteiger partial charge in [0.15, 0.2) is 0 Å². The highest BCUT2D eigenvalue weighted by molar-refractivity contribution is 7.37. The molecule has 0 radical (unpaired) electrons. The fourth-order valence-corrected chi connectivity index (χ4v) is 5.29. The van der Waals surface area contributed by atoms with Crippen molar-refractivity contribution < 1.29 is 0 Å². The van der Waals surface area contributed by atoms with Crippen LogP contribution in [-0.4, -0.2) is 18.1 Å². The Balaban J connectivity index is 3.02. The summed E-state index contributed by atoms with van der Waals surface area (Å²) in [7, 11) is 0.976. The summed E-state index contributed by atoms with van der Waals surface area (Å²) in [5.74, 6) is -0.958. The lowest BCUT2D eigenvalue weighted by atomic mass is 10.0. The second-order valence-electron chi connectivity index (χ2n) is 9.33. The van der Waals surface area contributed by atoms with Crippen LogP contribution in [0.1, 0.15) is 142 Å². The third-order valence-corrected chi connectivity index (χ3v) is 7.25. The molecule has 29 heavy (non-hydrogen) atoms. The van der Waals surface area contributed by atoms with E-state index in [4.69, 9.17) is 17.2 Å². The molecule has 0 saturated heterocycles. The van der Waals surface area contributed by atoms with Crippen molar-refractivity contribution in [2.45, 2.75) is 148 Å². The molecule has 0 spiro atoms. The maximum absolute atomic E-state index is 5.59. The van der Waals surface area contributed by atoms with Crippen LogP contribution in [0.25, 0.3) is 0 Å². The average molecular weight is 430 g/mol. The number of hydrogen-bond donors (Lipinski definition) is 3. The zero-order chi connectivity index (χ0) is 21.5. The molecule has 0 rings (SSSR count). The van der Waals surface area contributed by atoms with Crippen molar-refractivity contribution in [2.24, 2.45) is 17.2 Å². The number of unbranched alkanes of at least 4 members (excludes halogenated alkanes) is 19. The van der Waals surface area contributed by atoms with Crippen molar-refractivity contribution in [2.75, 3.05) is 12.3 Å². The standard InChI is InChI=1S/C25H56N3P/c1-2-3-4-5-6-7-8-9-10-11-12-13-14-15-16-17-18-19-20-21-23-29-24-22-25(26,27)28/h29H,2-24,26-28H2,1H3. The van der Waals surface area contributed by atoms with Gasteiger partial charge in [0, 0.05) is 0 Å². The van der Waals surface area contributed by atoms with Crippen LogP contribution in [0.2, 0.25) is 0 Å². The summed E-state index contributed by atoms with van der Waals surface area (Å²) in [5, 5.41) is 0. The zero-order valence-corrected chi connectivity index (χ0v) is 21.0. The first-order chi connectivity index (χ1) is 14.1. The van der Waals surface area contributed by atoms with E-state index in [0.29, 0.717) is 0 Å². The molecule has 0 heterocycles. The highest BCUT2D eigenvalue weighted by Crippen LogP contribution is 2.18. The van der Waals surface area contributed by atoms with Gasteiger partial charge in [0.2, 0.25) is 0 Å². The smallest absolute Gasteiger partial charge is 0.116 e. The molecule has 0 saturated carbocycles. The summed E-state index contributed by atoms with van der Waals surface area (Å²) in [6.07, 6.45) is 32.1. The molecule has 1 atom stereocenters. The van der Waals surface area contributed by atoms with Crippen molar-refractivity contribution in [3.05, 3.63) is 0 Å². The van der Waals surface area contributed by atoms with Crippen LogP contribution in [0.4, 0.5) is 0 Å². The van der Waals surface area contributed by atoms with Crippen LogP contribution in [0, 0.1) is 0 Å². The molecule has 0 bridgehead atoms. The van der Waals surface area contributed by atoms with E-state index in [0.717, 1.165) is 21.2 Å². The Bertz CT molecular complexity index is 305. The van der Waals surface area contributed by atoms with E-state index < -0.39 is 5.79 Å². The molecule has 176 valence electrons. The summed E-state index contributed by atoms with van der Waals surface area (Å²) in [4.78, 5) is 0. The highest BCUT2D eigenvalue weighted by Gasteiger charge is 2.09. The molecule has 0 aliphatic heterocycles. The van der Waals surface area contributed by atoms with E-state index in [1.165, 1.54) is 135 Å². The van der Waals surface area contributed by atoms with Crippen molar-refractivity contribution in [3.8, 4) is 0 Å². The molecule has 3 nitrogen and oxygen atoms in total. The van der Waals surface area contributed by atoms with Crippen LogP contribution in [0.5, 0.6) is 0 Å². The first kappa shape index (κ1) is 29.3. The molecular weight excluding hydrogens is 373 g/mol. The molecular formula is C25H56N3P. The summed E-state index contributed by atoms with van der Waals surface area (Å²) in [6, 6.07) is 0. The first-order valence-electron chi connectivity index (χ1n) is 13.1. The van der Waals surface area contributed by atoms with Crippen LogP contribution in [-0.2, 0) is 0 Å². The predicted molar refractivity (Wildman–Crippen MR) is 136 cm³/mol. The maximum atomic E-state index is 5.59. The van der Waals surface area contributed by atoms with Crippen LogP contribution in [0.3, 0.4) is 0 Å². The zero-order valence-electron chi connectivity index (χ0n) is 20.0. The Labute approximate surface area is 185 Å². The molecule has 0 aromatic carbocycles. The van der Waals surface area contributed by atoms with Gasteiger partial charge in [-0.25, -0.2) is 0 Å². The Morgan fingerprint density at radius 1 is 0.448 bits per heavy atom. The minimum absolute atomic E-state index is 0.741. The summed E-state index contributed by atoms with van der Waals surface area (Å²) >= 11 is 0. The maximum Gasteiger partial charge on any atom is 0.116 e. The highest BCUT2D eigenvalue weighted by atomic mass is 31.1. The second-order valence-corrected chi connectivity index (χ2v) is 10.8. The number of hydrogen-bond acceptors (Lipinski definition) is 3. The minimum atomic E-state index is -0.958. The third kappa shape index (κ3) is 28.3. The minimum Gasteiger partial charge on any atom is -0.301 e. The predicted octanol–water partition coefficient (Wildman–Crippen LogP) is 7.41. The molecule has 0 aromatic heterocycles. The van der Waals surface area contributed by atoms with Gasteiger partial charge < -0.3 is 17.2 Å². The van der Waals surface area contributed by atoms with Crippen molar-refractivity contribution in [1.82, 2.24) is 0 Å². The van der Waals surface area contributed by atoms with Crippen molar-refractivity contribution in [1.29, 1.82) is 0 Å². The largest absolute Gasteiger partial charge is 0.301 e. The molecule has 4 heteroatoms. The van der Waals surface area contributed by atoms with E-state index in [-0.39, 0.29) is 0 Å². The molecule has 0 aliphatic rings. The van der Waals surface area contributed by atoms with Crippen molar-refractivity contribution in [3.63, 3.8) is 0 Å². The van der Waals surface area contributed by atoms with E-state index in [2.05, 4.69) is 6.92 Å². The number of nitrogens with two attached hydrogens (primary N) is 3. The SMILES string of the molecule is CCCCCCCCCCCCCCCCCCCCCCPCCC(N)(N)N. The molecule has 0 amide bonds. The van der Waals surface area contributed by atoms with E-state index in [9.17, 15) is 0 Å². The van der Waals surface area contributed by atoms with Crippen molar-refractivity contribution >= 4 is 8.58 Å². The lowest BCUT2D eigenvalue weighted by molar-refractivity contribution is 0.449. The Kier molecular flexibility index (Phi) is 23.2. The topological polar surface area (TPSA) is 78.1 Å². The quantitative estimate of drug-likeness (QED) is 0.0849. The van der Waals surface area contributed by atoms with E-state index >= 15 is 0 Å². The van der Waals surface area contributed by atoms with Gasteiger partial charge in [0.1, 0.15) is 5.79 Å². The summed E-state index contributed by atoms with van der Waals surface area (Å²) in [6.45, 7) is 2.30. The van der Waals surface area contributed by atoms with Gasteiger partial charge in [0.05, 0.1) is 0 Å². The van der Waals surface area contributed by atoms with Gasteiger partial charge in [-0.1, -0.05) is 129 Å². The Morgan fingerprint density at radius 2 is 0.759 bits per heavy atom. The van der Waals surface area contributed by atoms with Crippen LogP contribution >= 0.6 is 8.58 Å². The van der Waals surface area contributed by atoms with Crippen LogP contribution < -0.4 is 17.2 Å². The molecule has 0 fully saturated rings. The Hall–Kier alpha value is 0.310. The summed E-state index contributed by atoms with van der Waals surface area (Å²) < 4.78 is 0. The lowest BCUT2D eigenvalue weighted by Gasteiger charge is -2.17. The lowest BCUT2D eigenvalue weighted by Crippen LogP contribution is -2.58.